The molecule has 1 aromatic rings. The summed E-state index contributed by atoms with van der Waals surface area (Å²) in [6.45, 7) is 1.82. The number of nitrogens with one attached hydrogen (secondary N) is 1. The first-order chi connectivity index (χ1) is 8.63. The molecule has 0 saturated carbocycles. The van der Waals surface area contributed by atoms with Gasteiger partial charge in [0.1, 0.15) is 17.4 Å². The zero-order valence-corrected chi connectivity index (χ0v) is 11.8. The third-order valence-electron chi connectivity index (χ3n) is 3.33. The molecule has 0 aromatic heterocycles. The van der Waals surface area contributed by atoms with Crippen LogP contribution in [-0.4, -0.2) is 20.2 Å². The summed E-state index contributed by atoms with van der Waals surface area (Å²) in [7, 11) is 1.39. The van der Waals surface area contributed by atoms with Crippen molar-refractivity contribution in [3.8, 4) is 5.75 Å². The predicted octanol–water partition coefficient (Wildman–Crippen LogP) is 3.28. The smallest absolute Gasteiger partial charge is 0.147 e. The lowest BCUT2D eigenvalue weighted by molar-refractivity contribution is 0.363. The minimum absolute atomic E-state index is 0.149. The van der Waals surface area contributed by atoms with Crippen molar-refractivity contribution in [2.45, 2.75) is 19.3 Å². The molecule has 1 heterocycles. The molecule has 0 spiro atoms. The fourth-order valence-electron chi connectivity index (χ4n) is 2.33. The summed E-state index contributed by atoms with van der Waals surface area (Å²) in [5.41, 5.74) is 0.149. The minimum atomic E-state index is -0.544. The van der Waals surface area contributed by atoms with Crippen molar-refractivity contribution >= 4 is 15.9 Å². The van der Waals surface area contributed by atoms with Crippen LogP contribution in [-0.2, 0) is 6.42 Å². The fourth-order valence-corrected chi connectivity index (χ4v) is 2.85. The Morgan fingerprint density at radius 1 is 1.50 bits per heavy atom. The molecular formula is C13H16BrF2NO. The Kier molecular flexibility index (Phi) is 4.56. The quantitative estimate of drug-likeness (QED) is 0.863. The lowest BCUT2D eigenvalue weighted by Crippen LogP contribution is -2.31. The average Bonchev–Trinajstić information content (AvgIpc) is 2.40. The van der Waals surface area contributed by atoms with Gasteiger partial charge in [0.15, 0.2) is 0 Å². The summed E-state index contributed by atoms with van der Waals surface area (Å²) in [6.07, 6.45) is 2.49. The molecule has 0 aliphatic carbocycles. The van der Waals surface area contributed by atoms with Crippen LogP contribution in [0.2, 0.25) is 0 Å². The van der Waals surface area contributed by atoms with E-state index in [0.717, 1.165) is 25.9 Å². The first-order valence-corrected chi connectivity index (χ1v) is 6.84. The van der Waals surface area contributed by atoms with Gasteiger partial charge in [0, 0.05) is 11.6 Å². The molecule has 0 radical (unpaired) electrons. The molecule has 1 saturated heterocycles. The summed E-state index contributed by atoms with van der Waals surface area (Å²) in [4.78, 5) is 0. The highest BCUT2D eigenvalue weighted by Gasteiger charge is 2.22. The van der Waals surface area contributed by atoms with Crippen molar-refractivity contribution in [2.75, 3.05) is 20.2 Å². The molecule has 1 unspecified atom stereocenters. The summed E-state index contributed by atoms with van der Waals surface area (Å²) in [6, 6.07) is 1.23. The third-order valence-corrected chi connectivity index (χ3v) is 4.07. The Morgan fingerprint density at radius 3 is 2.89 bits per heavy atom. The maximum absolute atomic E-state index is 14.1. The molecule has 100 valence electrons. The van der Waals surface area contributed by atoms with E-state index >= 15 is 0 Å². The van der Waals surface area contributed by atoms with Gasteiger partial charge in [-0.2, -0.15) is 0 Å². The van der Waals surface area contributed by atoms with Crippen LogP contribution in [0.1, 0.15) is 18.4 Å². The van der Waals surface area contributed by atoms with Gasteiger partial charge in [0.05, 0.1) is 11.6 Å². The van der Waals surface area contributed by atoms with Gasteiger partial charge in [0.25, 0.3) is 0 Å². The lowest BCUT2D eigenvalue weighted by atomic mass is 9.92. The standard InChI is InChI=1S/C13H16BrF2NO/c1-18-11-6-10(15)9(13(16)12(11)14)5-8-3-2-4-17-7-8/h6,8,17H,2-5,7H2,1H3. The molecule has 1 aliphatic rings. The first kappa shape index (κ1) is 13.7. The molecule has 2 rings (SSSR count). The predicted molar refractivity (Wildman–Crippen MR) is 69.9 cm³/mol. The number of hydrogen-bond acceptors (Lipinski definition) is 2. The van der Waals surface area contributed by atoms with Gasteiger partial charge in [0.2, 0.25) is 0 Å². The molecule has 1 fully saturated rings. The largest absolute Gasteiger partial charge is 0.495 e. The van der Waals surface area contributed by atoms with E-state index in [9.17, 15) is 8.78 Å². The van der Waals surface area contributed by atoms with Crippen molar-refractivity contribution in [1.82, 2.24) is 5.32 Å². The Balaban J connectivity index is 2.24. The SMILES string of the molecule is COc1cc(F)c(CC2CCCNC2)c(F)c1Br. The fraction of sp³-hybridized carbons (Fsp3) is 0.538. The van der Waals surface area contributed by atoms with Gasteiger partial charge in [-0.05, 0) is 54.2 Å². The Morgan fingerprint density at radius 2 is 2.28 bits per heavy atom. The molecule has 1 N–H and O–H groups in total. The summed E-state index contributed by atoms with van der Waals surface area (Å²) in [5.74, 6) is -0.589. The van der Waals surface area contributed by atoms with Crippen LogP contribution in [0.15, 0.2) is 10.5 Å². The second-order valence-electron chi connectivity index (χ2n) is 4.58. The van der Waals surface area contributed by atoms with Crippen LogP contribution in [0, 0.1) is 17.6 Å². The van der Waals surface area contributed by atoms with E-state index in [-0.39, 0.29) is 15.8 Å². The van der Waals surface area contributed by atoms with Crippen molar-refractivity contribution < 1.29 is 13.5 Å². The zero-order valence-electron chi connectivity index (χ0n) is 10.2. The number of hydrogen-bond donors (Lipinski definition) is 1. The van der Waals surface area contributed by atoms with Crippen molar-refractivity contribution in [1.29, 1.82) is 0 Å². The second kappa shape index (κ2) is 5.97. The molecule has 1 aromatic carbocycles. The van der Waals surface area contributed by atoms with Gasteiger partial charge in [-0.15, -0.1) is 0 Å². The molecule has 5 heteroatoms. The van der Waals surface area contributed by atoms with E-state index in [0.29, 0.717) is 12.3 Å². The van der Waals surface area contributed by atoms with Gasteiger partial charge < -0.3 is 10.1 Å². The maximum atomic E-state index is 14.1. The monoisotopic (exact) mass is 319 g/mol. The normalized spacial score (nSPS) is 19.9. The van der Waals surface area contributed by atoms with E-state index in [1.54, 1.807) is 0 Å². The highest BCUT2D eigenvalue weighted by Crippen LogP contribution is 2.33. The Bertz CT molecular complexity index is 433. The number of ether oxygens (including phenoxy) is 1. The Hall–Kier alpha value is -0.680. The van der Waals surface area contributed by atoms with Gasteiger partial charge in [-0.1, -0.05) is 0 Å². The van der Waals surface area contributed by atoms with Gasteiger partial charge >= 0.3 is 0 Å². The van der Waals surface area contributed by atoms with Gasteiger partial charge in [-0.3, -0.25) is 0 Å². The molecule has 1 atom stereocenters. The van der Waals surface area contributed by atoms with E-state index in [4.69, 9.17) is 4.74 Å². The molecule has 0 bridgehead atoms. The number of piperidine rings is 1. The minimum Gasteiger partial charge on any atom is -0.495 e. The van der Waals surface area contributed by atoms with E-state index in [1.807, 2.05) is 0 Å². The van der Waals surface area contributed by atoms with E-state index < -0.39 is 11.6 Å². The van der Waals surface area contributed by atoms with Crippen LogP contribution >= 0.6 is 15.9 Å². The topological polar surface area (TPSA) is 21.3 Å². The van der Waals surface area contributed by atoms with Crippen LogP contribution < -0.4 is 10.1 Å². The highest BCUT2D eigenvalue weighted by atomic mass is 79.9. The first-order valence-electron chi connectivity index (χ1n) is 6.04. The summed E-state index contributed by atoms with van der Waals surface area (Å²) in [5, 5.41) is 3.25. The lowest BCUT2D eigenvalue weighted by Gasteiger charge is -2.23. The number of halogens is 3. The van der Waals surface area contributed by atoms with E-state index in [1.165, 1.54) is 13.2 Å². The molecule has 1 aliphatic heterocycles. The average molecular weight is 320 g/mol. The van der Waals surface area contributed by atoms with E-state index in [2.05, 4.69) is 21.2 Å². The maximum Gasteiger partial charge on any atom is 0.147 e. The second-order valence-corrected chi connectivity index (χ2v) is 5.38. The summed E-state index contributed by atoms with van der Waals surface area (Å²) < 4.78 is 33.1. The van der Waals surface area contributed by atoms with Crippen LogP contribution in [0.5, 0.6) is 5.75 Å². The number of benzene rings is 1. The molecule has 2 nitrogen and oxygen atoms in total. The molecule has 18 heavy (non-hydrogen) atoms. The van der Waals surface area contributed by atoms with Crippen molar-refractivity contribution in [3.63, 3.8) is 0 Å². The highest BCUT2D eigenvalue weighted by molar-refractivity contribution is 9.10. The third kappa shape index (κ3) is 2.83. The van der Waals surface area contributed by atoms with Crippen LogP contribution in [0.4, 0.5) is 8.78 Å². The zero-order chi connectivity index (χ0) is 13.1. The molecular weight excluding hydrogens is 304 g/mol. The van der Waals surface area contributed by atoms with Crippen molar-refractivity contribution in [3.05, 3.63) is 27.7 Å². The van der Waals surface area contributed by atoms with Crippen LogP contribution in [0.3, 0.4) is 0 Å². The number of rotatable bonds is 3. The summed E-state index contributed by atoms with van der Waals surface area (Å²) >= 11 is 3.11. The van der Waals surface area contributed by atoms with Crippen LogP contribution in [0.25, 0.3) is 0 Å². The molecule has 0 amide bonds. The number of methoxy groups -OCH3 is 1. The van der Waals surface area contributed by atoms with Crippen molar-refractivity contribution in [2.24, 2.45) is 5.92 Å². The Labute approximate surface area is 114 Å². The van der Waals surface area contributed by atoms with Gasteiger partial charge in [-0.25, -0.2) is 8.78 Å².